The number of aromatic nitrogens is 3. The minimum Gasteiger partial charge on any atom is -0.491 e. The van der Waals surface area contributed by atoms with Crippen LogP contribution in [0.2, 0.25) is 0 Å². The molecule has 0 bridgehead atoms. The highest BCUT2D eigenvalue weighted by atomic mass is 16.5. The summed E-state index contributed by atoms with van der Waals surface area (Å²) in [5, 5.41) is 11.5. The molecule has 0 aliphatic heterocycles. The van der Waals surface area contributed by atoms with Crippen molar-refractivity contribution in [3.63, 3.8) is 0 Å². The molecule has 5 nitrogen and oxygen atoms in total. The fraction of sp³-hybridized carbons (Fsp3) is 0.250. The second kappa shape index (κ2) is 5.25. The highest BCUT2D eigenvalue weighted by Gasteiger charge is 1.97. The quantitative estimate of drug-likeness (QED) is 0.754. The number of ether oxygens (including phenoxy) is 1. The van der Waals surface area contributed by atoms with Gasteiger partial charge in [0.05, 0.1) is 12.3 Å². The van der Waals surface area contributed by atoms with Crippen LogP contribution in [-0.4, -0.2) is 27.2 Å². The Morgan fingerprint density at radius 1 is 1.29 bits per heavy atom. The van der Waals surface area contributed by atoms with Crippen LogP contribution in [0.15, 0.2) is 42.0 Å². The molecule has 2 aromatic rings. The predicted molar refractivity (Wildman–Crippen MR) is 65.2 cm³/mol. The summed E-state index contributed by atoms with van der Waals surface area (Å²) >= 11 is 0. The third kappa shape index (κ3) is 3.41. The van der Waals surface area contributed by atoms with E-state index in [0.29, 0.717) is 0 Å². The molecule has 5 heteroatoms. The number of benzene rings is 1. The van der Waals surface area contributed by atoms with Gasteiger partial charge in [-0.2, -0.15) is 5.10 Å². The largest absolute Gasteiger partial charge is 0.491 e. The first-order valence-corrected chi connectivity index (χ1v) is 5.40. The number of hydrogen-bond acceptors (Lipinski definition) is 4. The van der Waals surface area contributed by atoms with E-state index in [1.165, 1.54) is 17.3 Å². The van der Waals surface area contributed by atoms with Crippen molar-refractivity contribution in [3.8, 4) is 5.75 Å². The first kappa shape index (κ1) is 11.3. The molecule has 0 unspecified atom stereocenters. The van der Waals surface area contributed by atoms with E-state index in [-0.39, 0.29) is 6.10 Å². The molecule has 0 aliphatic carbocycles. The highest BCUT2D eigenvalue weighted by Crippen LogP contribution is 2.13. The number of nitrogens with zero attached hydrogens (tertiary/aromatic N) is 4. The standard InChI is InChI=1S/C12H14N4O/c1-10(2)17-12-5-3-4-11(6-12)7-15-16-8-13-14-9-16/h3-10H,1-2H3/b15-7-. The maximum Gasteiger partial charge on any atom is 0.141 e. The molecule has 2 rings (SSSR count). The third-order valence-electron chi connectivity index (χ3n) is 1.98. The Bertz CT molecular complexity index is 491. The maximum atomic E-state index is 5.60. The van der Waals surface area contributed by atoms with Crippen molar-refractivity contribution in [2.75, 3.05) is 0 Å². The third-order valence-corrected chi connectivity index (χ3v) is 1.98. The van der Waals surface area contributed by atoms with E-state index in [2.05, 4.69) is 15.3 Å². The Morgan fingerprint density at radius 3 is 2.76 bits per heavy atom. The van der Waals surface area contributed by atoms with E-state index < -0.39 is 0 Å². The van der Waals surface area contributed by atoms with Crippen molar-refractivity contribution in [2.24, 2.45) is 5.10 Å². The normalized spacial score (nSPS) is 11.2. The van der Waals surface area contributed by atoms with Crippen molar-refractivity contribution < 1.29 is 4.74 Å². The molecular weight excluding hydrogens is 216 g/mol. The van der Waals surface area contributed by atoms with Crippen molar-refractivity contribution in [2.45, 2.75) is 20.0 Å². The van der Waals surface area contributed by atoms with Gasteiger partial charge in [0.2, 0.25) is 0 Å². The van der Waals surface area contributed by atoms with Gasteiger partial charge in [0.25, 0.3) is 0 Å². The molecule has 0 fully saturated rings. The van der Waals surface area contributed by atoms with Gasteiger partial charge in [0, 0.05) is 0 Å². The van der Waals surface area contributed by atoms with E-state index >= 15 is 0 Å². The van der Waals surface area contributed by atoms with E-state index in [1.54, 1.807) is 6.21 Å². The second-order valence-electron chi connectivity index (χ2n) is 3.83. The van der Waals surface area contributed by atoms with E-state index in [4.69, 9.17) is 4.74 Å². The maximum absolute atomic E-state index is 5.60. The minimum atomic E-state index is 0.167. The van der Waals surface area contributed by atoms with Gasteiger partial charge in [-0.3, -0.25) is 0 Å². The molecular formula is C12H14N4O. The van der Waals surface area contributed by atoms with Crippen LogP contribution < -0.4 is 4.74 Å². The summed E-state index contributed by atoms with van der Waals surface area (Å²) in [7, 11) is 0. The van der Waals surface area contributed by atoms with E-state index in [0.717, 1.165) is 11.3 Å². The molecule has 1 aromatic carbocycles. The SMILES string of the molecule is CC(C)Oc1cccc(/C=N\n2cnnc2)c1. The fourth-order valence-corrected chi connectivity index (χ4v) is 1.33. The van der Waals surface area contributed by atoms with Crippen LogP contribution in [0.5, 0.6) is 5.75 Å². The van der Waals surface area contributed by atoms with Crippen molar-refractivity contribution in [1.82, 2.24) is 14.9 Å². The van der Waals surface area contributed by atoms with Crippen LogP contribution in [0.1, 0.15) is 19.4 Å². The average Bonchev–Trinajstić information content (AvgIpc) is 2.79. The molecule has 88 valence electrons. The Labute approximate surface area is 99.8 Å². The Morgan fingerprint density at radius 2 is 2.06 bits per heavy atom. The summed E-state index contributed by atoms with van der Waals surface area (Å²) in [6.07, 6.45) is 4.96. The topological polar surface area (TPSA) is 52.3 Å². The number of rotatable bonds is 4. The van der Waals surface area contributed by atoms with Gasteiger partial charge in [-0.1, -0.05) is 12.1 Å². The van der Waals surface area contributed by atoms with Gasteiger partial charge in [0.15, 0.2) is 0 Å². The Kier molecular flexibility index (Phi) is 3.49. The summed E-state index contributed by atoms with van der Waals surface area (Å²) in [5.74, 6) is 0.840. The monoisotopic (exact) mass is 230 g/mol. The Balaban J connectivity index is 2.11. The molecule has 0 radical (unpaired) electrons. The molecule has 0 aliphatic rings. The van der Waals surface area contributed by atoms with Crippen LogP contribution in [0, 0.1) is 0 Å². The summed E-state index contributed by atoms with van der Waals surface area (Å²) in [6.45, 7) is 4.00. The van der Waals surface area contributed by atoms with Gasteiger partial charge >= 0.3 is 0 Å². The first-order chi connectivity index (χ1) is 8.24. The fourth-order valence-electron chi connectivity index (χ4n) is 1.33. The first-order valence-electron chi connectivity index (χ1n) is 5.40. The van der Waals surface area contributed by atoms with Crippen molar-refractivity contribution >= 4 is 6.21 Å². The van der Waals surface area contributed by atoms with Gasteiger partial charge in [-0.15, -0.1) is 10.2 Å². The van der Waals surface area contributed by atoms with Gasteiger partial charge in [-0.25, -0.2) is 4.68 Å². The minimum absolute atomic E-state index is 0.167. The zero-order chi connectivity index (χ0) is 12.1. The van der Waals surface area contributed by atoms with Crippen LogP contribution >= 0.6 is 0 Å². The Hall–Kier alpha value is -2.17. The smallest absolute Gasteiger partial charge is 0.141 e. The van der Waals surface area contributed by atoms with Gasteiger partial charge < -0.3 is 4.74 Å². The lowest BCUT2D eigenvalue weighted by Crippen LogP contribution is -2.05. The summed E-state index contributed by atoms with van der Waals surface area (Å²) in [4.78, 5) is 0. The van der Waals surface area contributed by atoms with Crippen LogP contribution in [0.4, 0.5) is 0 Å². The van der Waals surface area contributed by atoms with Crippen molar-refractivity contribution in [1.29, 1.82) is 0 Å². The molecule has 0 saturated carbocycles. The second-order valence-corrected chi connectivity index (χ2v) is 3.83. The summed E-state index contributed by atoms with van der Waals surface area (Å²) < 4.78 is 7.14. The molecule has 0 atom stereocenters. The lowest BCUT2D eigenvalue weighted by atomic mass is 10.2. The average molecular weight is 230 g/mol. The van der Waals surface area contributed by atoms with E-state index in [1.807, 2.05) is 38.1 Å². The molecule has 1 heterocycles. The zero-order valence-corrected chi connectivity index (χ0v) is 9.82. The molecule has 0 saturated heterocycles. The molecule has 0 spiro atoms. The number of hydrogen-bond donors (Lipinski definition) is 0. The highest BCUT2D eigenvalue weighted by molar-refractivity contribution is 5.80. The molecule has 1 aromatic heterocycles. The van der Waals surface area contributed by atoms with Gasteiger partial charge in [-0.05, 0) is 31.5 Å². The van der Waals surface area contributed by atoms with Crippen LogP contribution in [0.25, 0.3) is 0 Å². The summed E-state index contributed by atoms with van der Waals surface area (Å²) in [6, 6.07) is 7.76. The lowest BCUT2D eigenvalue weighted by Gasteiger charge is -2.09. The summed E-state index contributed by atoms with van der Waals surface area (Å²) in [5.41, 5.74) is 0.969. The molecule has 0 N–H and O–H groups in total. The predicted octanol–water partition coefficient (Wildman–Crippen LogP) is 1.95. The van der Waals surface area contributed by atoms with Crippen LogP contribution in [-0.2, 0) is 0 Å². The molecule has 17 heavy (non-hydrogen) atoms. The lowest BCUT2D eigenvalue weighted by molar-refractivity contribution is 0.242. The molecule has 0 amide bonds. The van der Waals surface area contributed by atoms with Crippen LogP contribution in [0.3, 0.4) is 0 Å². The van der Waals surface area contributed by atoms with Gasteiger partial charge in [0.1, 0.15) is 18.4 Å². The van der Waals surface area contributed by atoms with E-state index in [9.17, 15) is 0 Å². The van der Waals surface area contributed by atoms with Crippen molar-refractivity contribution in [3.05, 3.63) is 42.5 Å². The zero-order valence-electron chi connectivity index (χ0n) is 9.82.